The average molecular weight is 447 g/mol. The molecule has 1 heterocycles. The first-order valence-electron chi connectivity index (χ1n) is 8.24. The lowest BCUT2D eigenvalue weighted by atomic mass is 10.2. The Labute approximate surface area is 170 Å². The summed E-state index contributed by atoms with van der Waals surface area (Å²) < 4.78 is 8.33. The first-order valence-corrected chi connectivity index (χ1v) is 10.0. The summed E-state index contributed by atoms with van der Waals surface area (Å²) in [5.74, 6) is 1.57. The molecule has 0 unspecified atom stereocenters. The molecule has 140 valence electrons. The third kappa shape index (κ3) is 4.51. The number of nitrogens with one attached hydrogen (secondary N) is 1. The van der Waals surface area contributed by atoms with E-state index in [2.05, 4.69) is 31.4 Å². The van der Waals surface area contributed by atoms with Gasteiger partial charge in [-0.1, -0.05) is 39.8 Å². The van der Waals surface area contributed by atoms with Gasteiger partial charge in [0.05, 0.1) is 18.6 Å². The molecule has 0 radical (unpaired) electrons. The monoisotopic (exact) mass is 446 g/mol. The zero-order valence-electron chi connectivity index (χ0n) is 15.2. The quantitative estimate of drug-likeness (QED) is 0.568. The van der Waals surface area contributed by atoms with Crippen LogP contribution in [0.4, 0.5) is 5.69 Å². The molecule has 0 bridgehead atoms. The molecule has 27 heavy (non-hydrogen) atoms. The molecule has 3 aromatic rings. The fraction of sp³-hybridized carbons (Fsp3) is 0.211. The van der Waals surface area contributed by atoms with Crippen LogP contribution in [0.1, 0.15) is 11.4 Å². The summed E-state index contributed by atoms with van der Waals surface area (Å²) in [7, 11) is 1.62. The Morgan fingerprint density at radius 2 is 2.00 bits per heavy atom. The second-order valence-electron chi connectivity index (χ2n) is 5.84. The molecule has 0 aliphatic carbocycles. The van der Waals surface area contributed by atoms with E-state index in [1.165, 1.54) is 11.8 Å². The molecule has 8 heteroatoms. The molecule has 1 aromatic heterocycles. The van der Waals surface area contributed by atoms with Gasteiger partial charge in [0.1, 0.15) is 11.6 Å². The normalized spacial score (nSPS) is 10.7. The predicted molar refractivity (Wildman–Crippen MR) is 111 cm³/mol. The van der Waals surface area contributed by atoms with Crippen molar-refractivity contribution in [2.45, 2.75) is 19.0 Å². The highest BCUT2D eigenvalue weighted by Crippen LogP contribution is 2.28. The van der Waals surface area contributed by atoms with E-state index < -0.39 is 0 Å². The van der Waals surface area contributed by atoms with Crippen LogP contribution in [0.5, 0.6) is 5.75 Å². The molecular formula is C19H19BrN4O2S. The van der Waals surface area contributed by atoms with Gasteiger partial charge in [-0.3, -0.25) is 9.36 Å². The van der Waals surface area contributed by atoms with Gasteiger partial charge in [0.2, 0.25) is 5.91 Å². The minimum atomic E-state index is -0.103. The molecule has 1 N–H and O–H groups in total. The molecule has 6 nitrogen and oxygen atoms in total. The minimum Gasteiger partial charge on any atom is -0.495 e. The summed E-state index contributed by atoms with van der Waals surface area (Å²) in [5.41, 5.74) is 2.67. The number of carbonyl (C=O) groups excluding carboxylic acids is 1. The number of anilines is 1. The highest BCUT2D eigenvalue weighted by atomic mass is 79.9. The highest BCUT2D eigenvalue weighted by molar-refractivity contribution is 9.10. The van der Waals surface area contributed by atoms with E-state index in [0.29, 0.717) is 5.16 Å². The molecule has 0 saturated carbocycles. The SMILES string of the molecule is COc1ccccc1-n1c(C)nnc1SCC(=O)Nc1ccc(Br)c(C)c1. The van der Waals surface area contributed by atoms with Crippen LogP contribution in [0.25, 0.3) is 5.69 Å². The number of amides is 1. The summed E-state index contributed by atoms with van der Waals surface area (Å²) >= 11 is 4.79. The Morgan fingerprint density at radius 3 is 2.74 bits per heavy atom. The number of rotatable bonds is 6. The third-order valence-electron chi connectivity index (χ3n) is 3.90. The zero-order valence-corrected chi connectivity index (χ0v) is 17.6. The molecule has 0 aliphatic rings. The fourth-order valence-corrected chi connectivity index (χ4v) is 3.62. The molecular weight excluding hydrogens is 428 g/mol. The van der Waals surface area contributed by atoms with E-state index in [1.54, 1.807) is 7.11 Å². The number of halogens is 1. The third-order valence-corrected chi connectivity index (χ3v) is 5.71. The second-order valence-corrected chi connectivity index (χ2v) is 7.63. The summed E-state index contributed by atoms with van der Waals surface area (Å²) in [5, 5.41) is 11.9. The first-order chi connectivity index (χ1) is 13.0. The lowest BCUT2D eigenvalue weighted by molar-refractivity contribution is -0.113. The van der Waals surface area contributed by atoms with E-state index >= 15 is 0 Å². The number of thioether (sulfide) groups is 1. The molecule has 0 saturated heterocycles. The number of carbonyl (C=O) groups is 1. The average Bonchev–Trinajstić information content (AvgIpc) is 3.03. The molecule has 3 rings (SSSR count). The molecule has 2 aromatic carbocycles. The number of nitrogens with zero attached hydrogens (tertiary/aromatic N) is 3. The van der Waals surface area contributed by atoms with Gasteiger partial charge in [0.25, 0.3) is 0 Å². The first kappa shape index (κ1) is 19.4. The van der Waals surface area contributed by atoms with Crippen molar-refractivity contribution in [3.63, 3.8) is 0 Å². The van der Waals surface area contributed by atoms with Crippen LogP contribution in [0.2, 0.25) is 0 Å². The Morgan fingerprint density at radius 1 is 1.22 bits per heavy atom. The number of benzene rings is 2. The van der Waals surface area contributed by atoms with E-state index in [0.717, 1.165) is 33.0 Å². The van der Waals surface area contributed by atoms with Crippen LogP contribution in [-0.4, -0.2) is 33.5 Å². The van der Waals surface area contributed by atoms with Crippen molar-refractivity contribution in [1.29, 1.82) is 0 Å². The molecule has 0 atom stereocenters. The number of hydrogen-bond donors (Lipinski definition) is 1. The number of ether oxygens (including phenoxy) is 1. The Hall–Kier alpha value is -2.32. The minimum absolute atomic E-state index is 0.103. The number of methoxy groups -OCH3 is 1. The molecule has 1 amide bonds. The summed E-state index contributed by atoms with van der Waals surface area (Å²) in [4.78, 5) is 12.3. The largest absolute Gasteiger partial charge is 0.495 e. The van der Waals surface area contributed by atoms with Gasteiger partial charge < -0.3 is 10.1 Å². The van der Waals surface area contributed by atoms with Crippen molar-refractivity contribution in [3.8, 4) is 11.4 Å². The number of aryl methyl sites for hydroxylation is 2. The van der Waals surface area contributed by atoms with E-state index in [-0.39, 0.29) is 11.7 Å². The van der Waals surface area contributed by atoms with Crippen molar-refractivity contribution in [2.75, 3.05) is 18.2 Å². The number of hydrogen-bond acceptors (Lipinski definition) is 5. The van der Waals surface area contributed by atoms with Crippen LogP contribution in [0, 0.1) is 13.8 Å². The molecule has 0 spiro atoms. The topological polar surface area (TPSA) is 69.0 Å². The van der Waals surface area contributed by atoms with Gasteiger partial charge in [-0.05, 0) is 49.7 Å². The predicted octanol–water partition coefficient (Wildman–Crippen LogP) is 4.39. The van der Waals surface area contributed by atoms with Crippen LogP contribution in [-0.2, 0) is 4.79 Å². The van der Waals surface area contributed by atoms with E-state index in [1.807, 2.05) is 60.9 Å². The lowest BCUT2D eigenvalue weighted by Gasteiger charge is -2.12. The van der Waals surface area contributed by atoms with Crippen molar-refractivity contribution >= 4 is 39.3 Å². The Bertz CT molecular complexity index is 974. The van der Waals surface area contributed by atoms with Gasteiger partial charge in [-0.25, -0.2) is 0 Å². The molecule has 0 aliphatic heterocycles. The van der Waals surface area contributed by atoms with Gasteiger partial charge in [0, 0.05) is 10.2 Å². The van der Waals surface area contributed by atoms with Crippen molar-refractivity contribution in [2.24, 2.45) is 0 Å². The van der Waals surface area contributed by atoms with Gasteiger partial charge >= 0.3 is 0 Å². The second kappa shape index (κ2) is 8.58. The van der Waals surface area contributed by atoms with Crippen molar-refractivity contribution in [1.82, 2.24) is 14.8 Å². The van der Waals surface area contributed by atoms with Crippen molar-refractivity contribution in [3.05, 3.63) is 58.3 Å². The standard InChI is InChI=1S/C19H19BrN4O2S/c1-12-10-14(8-9-15(12)20)21-18(25)11-27-19-23-22-13(2)24(19)16-6-4-5-7-17(16)26-3/h4-10H,11H2,1-3H3,(H,21,25). The maximum Gasteiger partial charge on any atom is 0.234 e. The number of para-hydroxylation sites is 2. The van der Waals surface area contributed by atoms with E-state index in [4.69, 9.17) is 4.74 Å². The molecule has 0 fully saturated rings. The summed E-state index contributed by atoms with van der Waals surface area (Å²) in [6.07, 6.45) is 0. The maximum atomic E-state index is 12.3. The summed E-state index contributed by atoms with van der Waals surface area (Å²) in [6, 6.07) is 13.3. The Kier molecular flexibility index (Phi) is 6.18. The van der Waals surface area contributed by atoms with Crippen LogP contribution >= 0.6 is 27.7 Å². The van der Waals surface area contributed by atoms with Crippen LogP contribution in [0.3, 0.4) is 0 Å². The lowest BCUT2D eigenvalue weighted by Crippen LogP contribution is -2.14. The van der Waals surface area contributed by atoms with Crippen LogP contribution in [0.15, 0.2) is 52.1 Å². The fourth-order valence-electron chi connectivity index (χ4n) is 2.58. The number of aromatic nitrogens is 3. The highest BCUT2D eigenvalue weighted by Gasteiger charge is 2.16. The zero-order chi connectivity index (χ0) is 19.4. The Balaban J connectivity index is 1.73. The van der Waals surface area contributed by atoms with E-state index in [9.17, 15) is 4.79 Å². The summed E-state index contributed by atoms with van der Waals surface area (Å²) in [6.45, 7) is 3.85. The van der Waals surface area contributed by atoms with Gasteiger partial charge in [0.15, 0.2) is 5.16 Å². The van der Waals surface area contributed by atoms with Crippen LogP contribution < -0.4 is 10.1 Å². The smallest absolute Gasteiger partial charge is 0.234 e. The van der Waals surface area contributed by atoms with Gasteiger partial charge in [-0.2, -0.15) is 0 Å². The van der Waals surface area contributed by atoms with Gasteiger partial charge in [-0.15, -0.1) is 10.2 Å². The maximum absolute atomic E-state index is 12.3. The van der Waals surface area contributed by atoms with Crippen molar-refractivity contribution < 1.29 is 9.53 Å².